The van der Waals surface area contributed by atoms with Crippen molar-refractivity contribution in [3.05, 3.63) is 23.8 Å². The molecule has 1 fully saturated rings. The molecule has 0 aliphatic heterocycles. The third kappa shape index (κ3) is 5.18. The lowest BCUT2D eigenvalue weighted by molar-refractivity contribution is -0.0494. The number of carboxylic acid groups (broad SMARTS) is 1. The molecule has 3 atom stereocenters. The number of carbonyl (C=O) groups is 1. The van der Waals surface area contributed by atoms with Crippen LogP contribution in [-0.2, 0) is 0 Å². The Morgan fingerprint density at radius 3 is 2.14 bits per heavy atom. The highest BCUT2D eigenvalue weighted by Crippen LogP contribution is 2.27. The Bertz CT molecular complexity index is 489. The van der Waals surface area contributed by atoms with Crippen LogP contribution in [0.1, 0.15) is 29.6 Å². The lowest BCUT2D eigenvalue weighted by Crippen LogP contribution is -2.35. The average molecular weight is 314 g/mol. The van der Waals surface area contributed by atoms with Crippen LogP contribution in [0, 0.1) is 0 Å². The van der Waals surface area contributed by atoms with Crippen LogP contribution in [0.5, 0.6) is 11.5 Å². The summed E-state index contributed by atoms with van der Waals surface area (Å²) in [6.45, 7) is 0. The number of methoxy groups -OCH3 is 2. The van der Waals surface area contributed by atoms with E-state index >= 15 is 0 Å². The number of benzene rings is 1. The third-order valence-electron chi connectivity index (χ3n) is 3.38. The minimum atomic E-state index is -0.985. The maximum atomic E-state index is 10.6. The van der Waals surface area contributed by atoms with Crippen molar-refractivity contribution in [2.75, 3.05) is 14.2 Å². The standard InChI is InChI=1S/C9H10O4.C6H12O3/c1-12-7-4-3-6(9(10)11)5-8(7)13-2;7-4-1-2-5(8)6(9)3-4/h3-5H,1-2H3,(H,10,11);4-9H,1-3H2. The van der Waals surface area contributed by atoms with Gasteiger partial charge in [-0.05, 0) is 31.0 Å². The molecule has 2 rings (SSSR count). The molecule has 7 heteroatoms. The van der Waals surface area contributed by atoms with Crippen molar-refractivity contribution in [2.24, 2.45) is 0 Å². The fourth-order valence-corrected chi connectivity index (χ4v) is 2.08. The fraction of sp³-hybridized carbons (Fsp3) is 0.533. The summed E-state index contributed by atoms with van der Waals surface area (Å²) in [6, 6.07) is 4.44. The molecule has 1 saturated carbocycles. The largest absolute Gasteiger partial charge is 0.493 e. The summed E-state index contributed by atoms with van der Waals surface area (Å²) < 4.78 is 9.89. The van der Waals surface area contributed by atoms with E-state index in [1.54, 1.807) is 6.07 Å². The van der Waals surface area contributed by atoms with Crippen LogP contribution in [0.2, 0.25) is 0 Å². The van der Waals surface area contributed by atoms with Crippen LogP contribution >= 0.6 is 0 Å². The molecule has 1 aromatic rings. The van der Waals surface area contributed by atoms with Gasteiger partial charge in [-0.25, -0.2) is 4.79 Å². The third-order valence-corrected chi connectivity index (χ3v) is 3.38. The van der Waals surface area contributed by atoms with E-state index in [0.29, 0.717) is 30.8 Å². The van der Waals surface area contributed by atoms with Crippen molar-refractivity contribution in [1.29, 1.82) is 0 Å². The topological polar surface area (TPSA) is 116 Å². The molecule has 1 aliphatic rings. The maximum Gasteiger partial charge on any atom is 0.335 e. The van der Waals surface area contributed by atoms with Gasteiger partial charge in [-0.15, -0.1) is 0 Å². The molecular weight excluding hydrogens is 292 g/mol. The van der Waals surface area contributed by atoms with E-state index in [-0.39, 0.29) is 5.56 Å². The van der Waals surface area contributed by atoms with Crippen molar-refractivity contribution in [1.82, 2.24) is 0 Å². The number of aliphatic hydroxyl groups is 3. The zero-order valence-electron chi connectivity index (χ0n) is 12.6. The van der Waals surface area contributed by atoms with Crippen LogP contribution in [0.3, 0.4) is 0 Å². The van der Waals surface area contributed by atoms with E-state index in [0.717, 1.165) is 0 Å². The van der Waals surface area contributed by atoms with Gasteiger partial charge in [0, 0.05) is 6.42 Å². The van der Waals surface area contributed by atoms with E-state index in [1.807, 2.05) is 0 Å². The first-order valence-corrected chi connectivity index (χ1v) is 6.88. The van der Waals surface area contributed by atoms with Crippen molar-refractivity contribution < 1.29 is 34.7 Å². The van der Waals surface area contributed by atoms with Gasteiger partial charge in [0.15, 0.2) is 11.5 Å². The minimum Gasteiger partial charge on any atom is -0.493 e. The summed E-state index contributed by atoms with van der Waals surface area (Å²) in [5.74, 6) is -0.0455. The highest BCUT2D eigenvalue weighted by Gasteiger charge is 2.25. The monoisotopic (exact) mass is 314 g/mol. The molecule has 124 valence electrons. The molecule has 7 nitrogen and oxygen atoms in total. The quantitative estimate of drug-likeness (QED) is 0.647. The number of hydrogen-bond donors (Lipinski definition) is 4. The van der Waals surface area contributed by atoms with E-state index in [9.17, 15) is 4.79 Å². The second-order valence-electron chi connectivity index (χ2n) is 4.98. The smallest absolute Gasteiger partial charge is 0.335 e. The highest BCUT2D eigenvalue weighted by molar-refractivity contribution is 5.88. The van der Waals surface area contributed by atoms with Gasteiger partial charge in [0.25, 0.3) is 0 Å². The molecule has 22 heavy (non-hydrogen) atoms. The first kappa shape index (κ1) is 18.2. The number of rotatable bonds is 3. The highest BCUT2D eigenvalue weighted by atomic mass is 16.5. The summed E-state index contributed by atoms with van der Waals surface area (Å²) in [5, 5.41) is 35.5. The second kappa shape index (κ2) is 8.57. The summed E-state index contributed by atoms with van der Waals surface area (Å²) >= 11 is 0. The van der Waals surface area contributed by atoms with Crippen LogP contribution in [0.15, 0.2) is 18.2 Å². The first-order valence-electron chi connectivity index (χ1n) is 6.88. The average Bonchev–Trinajstić information content (AvgIpc) is 2.51. The van der Waals surface area contributed by atoms with Gasteiger partial charge in [0.2, 0.25) is 0 Å². The van der Waals surface area contributed by atoms with E-state index in [2.05, 4.69) is 0 Å². The second-order valence-corrected chi connectivity index (χ2v) is 4.98. The number of hydrogen-bond acceptors (Lipinski definition) is 6. The van der Waals surface area contributed by atoms with Crippen LogP contribution in [-0.4, -0.2) is 58.9 Å². The van der Waals surface area contributed by atoms with E-state index in [4.69, 9.17) is 29.9 Å². The van der Waals surface area contributed by atoms with Gasteiger partial charge in [0.05, 0.1) is 38.1 Å². The van der Waals surface area contributed by atoms with Crippen molar-refractivity contribution >= 4 is 5.97 Å². The SMILES string of the molecule is COc1ccc(C(=O)O)cc1OC.OC1CCC(O)C(O)C1. The Balaban J connectivity index is 0.000000235. The first-order chi connectivity index (χ1) is 10.4. The summed E-state index contributed by atoms with van der Waals surface area (Å²) in [7, 11) is 2.96. The predicted octanol–water partition coefficient (Wildman–Crippen LogP) is 0.655. The molecule has 0 spiro atoms. The molecule has 0 heterocycles. The maximum absolute atomic E-state index is 10.6. The van der Waals surface area contributed by atoms with Gasteiger partial charge in [0.1, 0.15) is 0 Å². The van der Waals surface area contributed by atoms with Crippen LogP contribution < -0.4 is 9.47 Å². The molecule has 1 aliphatic carbocycles. The molecule has 1 aromatic carbocycles. The number of aliphatic hydroxyl groups excluding tert-OH is 3. The Kier molecular flexibility index (Phi) is 7.10. The van der Waals surface area contributed by atoms with Gasteiger partial charge >= 0.3 is 5.97 Å². The Hall–Kier alpha value is -1.83. The van der Waals surface area contributed by atoms with Gasteiger partial charge in [-0.2, -0.15) is 0 Å². The van der Waals surface area contributed by atoms with Gasteiger partial charge < -0.3 is 29.9 Å². The van der Waals surface area contributed by atoms with Crippen molar-refractivity contribution in [3.63, 3.8) is 0 Å². The van der Waals surface area contributed by atoms with Crippen molar-refractivity contribution in [2.45, 2.75) is 37.6 Å². The normalized spacial score (nSPS) is 24.0. The molecule has 4 N–H and O–H groups in total. The zero-order chi connectivity index (χ0) is 16.7. The predicted molar refractivity (Wildman–Crippen MR) is 78.4 cm³/mol. The van der Waals surface area contributed by atoms with E-state index in [1.165, 1.54) is 26.4 Å². The number of aromatic carboxylic acids is 1. The Labute approximate surface area is 128 Å². The summed E-state index contributed by atoms with van der Waals surface area (Å²) in [5.41, 5.74) is 0.178. The van der Waals surface area contributed by atoms with E-state index < -0.39 is 24.3 Å². The number of ether oxygens (including phenoxy) is 2. The molecule has 0 saturated heterocycles. The molecular formula is C15H22O7. The minimum absolute atomic E-state index is 0.178. The Morgan fingerprint density at radius 2 is 1.68 bits per heavy atom. The Morgan fingerprint density at radius 1 is 1.05 bits per heavy atom. The molecule has 0 radical (unpaired) electrons. The van der Waals surface area contributed by atoms with Crippen molar-refractivity contribution in [3.8, 4) is 11.5 Å². The summed E-state index contributed by atoms with van der Waals surface area (Å²) in [6.07, 6.45) is -0.299. The summed E-state index contributed by atoms with van der Waals surface area (Å²) in [4.78, 5) is 10.6. The molecule has 0 aromatic heterocycles. The lowest BCUT2D eigenvalue weighted by Gasteiger charge is -2.26. The molecule has 0 bridgehead atoms. The van der Waals surface area contributed by atoms with Gasteiger partial charge in [-0.3, -0.25) is 0 Å². The molecule has 0 amide bonds. The van der Waals surface area contributed by atoms with Crippen LogP contribution in [0.25, 0.3) is 0 Å². The molecule has 3 unspecified atom stereocenters. The number of carboxylic acids is 1. The lowest BCUT2D eigenvalue weighted by atomic mass is 9.93. The zero-order valence-corrected chi connectivity index (χ0v) is 12.6. The van der Waals surface area contributed by atoms with Gasteiger partial charge in [-0.1, -0.05) is 0 Å². The van der Waals surface area contributed by atoms with Crippen LogP contribution in [0.4, 0.5) is 0 Å². The fourth-order valence-electron chi connectivity index (χ4n) is 2.08.